The molecule has 0 N–H and O–H groups in total. The summed E-state index contributed by atoms with van der Waals surface area (Å²) in [5, 5.41) is 0. The molecule has 0 spiro atoms. The van der Waals surface area contributed by atoms with Crippen LogP contribution in [0.25, 0.3) is 0 Å². The summed E-state index contributed by atoms with van der Waals surface area (Å²) in [4.78, 5) is 2.64. The van der Waals surface area contributed by atoms with Crippen LogP contribution in [0.3, 0.4) is 0 Å². The lowest BCUT2D eigenvalue weighted by Gasteiger charge is -2.26. The van der Waals surface area contributed by atoms with Crippen LogP contribution in [0.4, 0.5) is 0 Å². The zero-order valence-electron chi connectivity index (χ0n) is 8.97. The van der Waals surface area contributed by atoms with E-state index in [1.54, 1.807) is 0 Å². The third-order valence-corrected chi connectivity index (χ3v) is 3.97. The molecule has 76 valence electrons. The Kier molecular flexibility index (Phi) is 3.26. The molecule has 0 aliphatic heterocycles. The average Bonchev–Trinajstić information content (AvgIpc) is 2.74. The Morgan fingerprint density at radius 2 is 1.46 bits per heavy atom. The number of nitrogens with zero attached hydrogens (tertiary/aromatic N) is 1. The van der Waals surface area contributed by atoms with Gasteiger partial charge in [-0.15, -0.1) is 0 Å². The predicted octanol–water partition coefficient (Wildman–Crippen LogP) is 3.05. The highest BCUT2D eigenvalue weighted by Crippen LogP contribution is 2.28. The Labute approximate surface area is 82.5 Å². The second kappa shape index (κ2) is 4.45. The standard InChI is InChI=1S/C12H23N/c1-13(12-8-4-5-9-12)10-11-6-2-3-7-11/h11-12H,2-10H2,1H3. The first-order valence-corrected chi connectivity index (χ1v) is 6.06. The quantitative estimate of drug-likeness (QED) is 0.647. The summed E-state index contributed by atoms with van der Waals surface area (Å²) in [6.45, 7) is 1.38. The summed E-state index contributed by atoms with van der Waals surface area (Å²) in [6.07, 6.45) is 11.8. The molecule has 2 rings (SSSR count). The molecule has 13 heavy (non-hydrogen) atoms. The van der Waals surface area contributed by atoms with Crippen LogP contribution in [0.2, 0.25) is 0 Å². The van der Waals surface area contributed by atoms with E-state index in [9.17, 15) is 0 Å². The van der Waals surface area contributed by atoms with Crippen molar-refractivity contribution in [3.8, 4) is 0 Å². The molecule has 0 bridgehead atoms. The van der Waals surface area contributed by atoms with Crippen molar-refractivity contribution in [2.75, 3.05) is 13.6 Å². The molecular formula is C12H23N. The first kappa shape index (κ1) is 9.51. The molecule has 0 amide bonds. The van der Waals surface area contributed by atoms with Gasteiger partial charge in [0.15, 0.2) is 0 Å². The molecule has 0 atom stereocenters. The van der Waals surface area contributed by atoms with Crippen molar-refractivity contribution in [2.45, 2.75) is 57.4 Å². The lowest BCUT2D eigenvalue weighted by atomic mass is 10.1. The van der Waals surface area contributed by atoms with Crippen LogP contribution < -0.4 is 0 Å². The van der Waals surface area contributed by atoms with E-state index in [0.29, 0.717) is 0 Å². The second-order valence-corrected chi connectivity index (χ2v) is 5.03. The van der Waals surface area contributed by atoms with Gasteiger partial charge in [0.2, 0.25) is 0 Å². The van der Waals surface area contributed by atoms with Gasteiger partial charge in [-0.1, -0.05) is 25.7 Å². The van der Waals surface area contributed by atoms with Crippen molar-refractivity contribution >= 4 is 0 Å². The van der Waals surface area contributed by atoms with Gasteiger partial charge in [0.05, 0.1) is 0 Å². The van der Waals surface area contributed by atoms with Crippen LogP contribution in [0.15, 0.2) is 0 Å². The van der Waals surface area contributed by atoms with Gasteiger partial charge < -0.3 is 4.90 Å². The third kappa shape index (κ3) is 2.46. The van der Waals surface area contributed by atoms with Crippen molar-refractivity contribution in [1.82, 2.24) is 4.90 Å². The van der Waals surface area contributed by atoms with Crippen molar-refractivity contribution in [2.24, 2.45) is 5.92 Å². The molecule has 0 radical (unpaired) electrons. The lowest BCUT2D eigenvalue weighted by molar-refractivity contribution is 0.209. The molecule has 0 unspecified atom stereocenters. The van der Waals surface area contributed by atoms with Crippen molar-refractivity contribution in [3.05, 3.63) is 0 Å². The van der Waals surface area contributed by atoms with Gasteiger partial charge in [0, 0.05) is 12.6 Å². The van der Waals surface area contributed by atoms with E-state index in [4.69, 9.17) is 0 Å². The van der Waals surface area contributed by atoms with E-state index in [0.717, 1.165) is 12.0 Å². The molecule has 0 heterocycles. The number of rotatable bonds is 3. The molecule has 2 saturated carbocycles. The third-order valence-electron chi connectivity index (χ3n) is 3.97. The van der Waals surface area contributed by atoms with Crippen molar-refractivity contribution in [1.29, 1.82) is 0 Å². The minimum absolute atomic E-state index is 0.931. The average molecular weight is 181 g/mol. The minimum atomic E-state index is 0.931. The van der Waals surface area contributed by atoms with Crippen LogP contribution in [0.1, 0.15) is 51.4 Å². The Balaban J connectivity index is 1.73. The summed E-state index contributed by atoms with van der Waals surface area (Å²) < 4.78 is 0. The van der Waals surface area contributed by atoms with Gasteiger partial charge in [0.25, 0.3) is 0 Å². The van der Waals surface area contributed by atoms with Gasteiger partial charge in [-0.25, -0.2) is 0 Å². The van der Waals surface area contributed by atoms with Gasteiger partial charge in [-0.2, -0.15) is 0 Å². The summed E-state index contributed by atoms with van der Waals surface area (Å²) in [7, 11) is 2.34. The number of hydrogen-bond acceptors (Lipinski definition) is 1. The SMILES string of the molecule is CN(CC1CCCC1)C1CCCC1. The van der Waals surface area contributed by atoms with E-state index in [1.165, 1.54) is 57.9 Å². The van der Waals surface area contributed by atoms with Crippen molar-refractivity contribution in [3.63, 3.8) is 0 Å². The Morgan fingerprint density at radius 1 is 0.923 bits per heavy atom. The van der Waals surface area contributed by atoms with Crippen LogP contribution >= 0.6 is 0 Å². The topological polar surface area (TPSA) is 3.24 Å². The lowest BCUT2D eigenvalue weighted by Crippen LogP contribution is -2.33. The molecule has 0 aromatic heterocycles. The molecule has 0 saturated heterocycles. The molecule has 2 aliphatic carbocycles. The largest absolute Gasteiger partial charge is 0.303 e. The van der Waals surface area contributed by atoms with Gasteiger partial charge in [-0.3, -0.25) is 0 Å². The van der Waals surface area contributed by atoms with Gasteiger partial charge in [-0.05, 0) is 38.6 Å². The maximum absolute atomic E-state index is 2.64. The fraction of sp³-hybridized carbons (Fsp3) is 1.00. The van der Waals surface area contributed by atoms with E-state index in [1.807, 2.05) is 0 Å². The molecule has 0 aromatic carbocycles. The van der Waals surface area contributed by atoms with E-state index in [-0.39, 0.29) is 0 Å². The van der Waals surface area contributed by atoms with Gasteiger partial charge in [0.1, 0.15) is 0 Å². The monoisotopic (exact) mass is 181 g/mol. The normalized spacial score (nSPS) is 26.3. The van der Waals surface area contributed by atoms with E-state index < -0.39 is 0 Å². The van der Waals surface area contributed by atoms with E-state index >= 15 is 0 Å². The molecular weight excluding hydrogens is 158 g/mol. The molecule has 1 heteroatoms. The van der Waals surface area contributed by atoms with E-state index in [2.05, 4.69) is 11.9 Å². The maximum Gasteiger partial charge on any atom is 0.00923 e. The zero-order chi connectivity index (χ0) is 9.10. The zero-order valence-corrected chi connectivity index (χ0v) is 8.97. The van der Waals surface area contributed by atoms with Crippen LogP contribution in [0, 0.1) is 5.92 Å². The molecule has 2 fully saturated rings. The Morgan fingerprint density at radius 3 is 2.08 bits per heavy atom. The Hall–Kier alpha value is -0.0400. The molecule has 2 aliphatic rings. The summed E-state index contributed by atoms with van der Waals surface area (Å²) in [5.74, 6) is 1.03. The fourth-order valence-corrected chi connectivity index (χ4v) is 3.09. The summed E-state index contributed by atoms with van der Waals surface area (Å²) >= 11 is 0. The predicted molar refractivity (Wildman–Crippen MR) is 56.8 cm³/mol. The maximum atomic E-state index is 2.64. The number of hydrogen-bond donors (Lipinski definition) is 0. The highest BCUT2D eigenvalue weighted by molar-refractivity contribution is 4.78. The van der Waals surface area contributed by atoms with Crippen LogP contribution in [-0.2, 0) is 0 Å². The second-order valence-electron chi connectivity index (χ2n) is 5.03. The van der Waals surface area contributed by atoms with Crippen molar-refractivity contribution < 1.29 is 0 Å². The molecule has 0 aromatic rings. The summed E-state index contributed by atoms with van der Waals surface area (Å²) in [5.41, 5.74) is 0. The smallest absolute Gasteiger partial charge is 0.00923 e. The highest BCUT2D eigenvalue weighted by Gasteiger charge is 2.23. The van der Waals surface area contributed by atoms with Crippen LogP contribution in [-0.4, -0.2) is 24.5 Å². The first-order chi connectivity index (χ1) is 6.36. The molecule has 1 nitrogen and oxygen atoms in total. The Bertz CT molecular complexity index is 143. The fourth-order valence-electron chi connectivity index (χ4n) is 3.09. The van der Waals surface area contributed by atoms with Crippen LogP contribution in [0.5, 0.6) is 0 Å². The highest BCUT2D eigenvalue weighted by atomic mass is 15.1. The van der Waals surface area contributed by atoms with Gasteiger partial charge >= 0.3 is 0 Å². The summed E-state index contributed by atoms with van der Waals surface area (Å²) in [6, 6.07) is 0.931. The first-order valence-electron chi connectivity index (χ1n) is 6.06. The minimum Gasteiger partial charge on any atom is -0.303 e.